The van der Waals surface area contributed by atoms with Crippen LogP contribution < -0.4 is 0 Å². The average molecular weight is 126 g/mol. The van der Waals surface area contributed by atoms with Gasteiger partial charge in [-0.25, -0.2) is 0 Å². The summed E-state index contributed by atoms with van der Waals surface area (Å²) in [5.74, 6) is 0.234. The molecule has 0 N–H and O–H groups in total. The van der Waals surface area contributed by atoms with Gasteiger partial charge < -0.3 is 4.74 Å². The molecule has 1 saturated carbocycles. The van der Waals surface area contributed by atoms with Crippen LogP contribution >= 0.6 is 0 Å². The van der Waals surface area contributed by atoms with E-state index in [0.29, 0.717) is 5.92 Å². The van der Waals surface area contributed by atoms with Gasteiger partial charge in [-0.3, -0.25) is 4.79 Å². The van der Waals surface area contributed by atoms with Crippen molar-refractivity contribution in [3.8, 4) is 0 Å². The summed E-state index contributed by atoms with van der Waals surface area (Å²) in [6.45, 7) is 5.02. The lowest BCUT2D eigenvalue weighted by Crippen LogP contribution is -2.01. The summed E-state index contributed by atoms with van der Waals surface area (Å²) < 4.78 is 4.85. The number of hydrogen-bond donors (Lipinski definition) is 0. The van der Waals surface area contributed by atoms with Crippen LogP contribution in [0.15, 0.2) is 12.7 Å². The Morgan fingerprint density at radius 2 is 2.56 bits per heavy atom. The lowest BCUT2D eigenvalue weighted by Gasteiger charge is -1.95. The van der Waals surface area contributed by atoms with Crippen LogP contribution in [-0.4, -0.2) is 12.1 Å². The molecule has 1 rings (SSSR count). The first kappa shape index (κ1) is 6.33. The Hall–Kier alpha value is -0.790. The summed E-state index contributed by atoms with van der Waals surface area (Å²) in [5.41, 5.74) is 0. The van der Waals surface area contributed by atoms with Gasteiger partial charge in [0.2, 0.25) is 0 Å². The molecule has 2 nitrogen and oxygen atoms in total. The van der Waals surface area contributed by atoms with Crippen molar-refractivity contribution >= 4 is 5.97 Å². The zero-order valence-electron chi connectivity index (χ0n) is 5.46. The largest absolute Gasteiger partial charge is 0.462 e. The molecule has 0 aliphatic heterocycles. The maximum absolute atomic E-state index is 10.3. The van der Waals surface area contributed by atoms with E-state index >= 15 is 0 Å². The minimum absolute atomic E-state index is 0.139. The van der Waals surface area contributed by atoms with Gasteiger partial charge in [0, 0.05) is 12.8 Å². The molecule has 1 fully saturated rings. The summed E-state index contributed by atoms with van der Waals surface area (Å²) in [5, 5.41) is 0. The first-order valence-corrected chi connectivity index (χ1v) is 3.04. The third kappa shape index (κ3) is 1.56. The van der Waals surface area contributed by atoms with E-state index in [0.717, 1.165) is 6.42 Å². The fourth-order valence-electron chi connectivity index (χ4n) is 0.786. The Balaban J connectivity index is 2.19. The minimum atomic E-state index is -0.190. The zero-order chi connectivity index (χ0) is 6.85. The molecule has 0 aromatic rings. The Kier molecular flexibility index (Phi) is 1.56. The predicted octanol–water partition coefficient (Wildman–Crippen LogP) is 1.12. The summed E-state index contributed by atoms with van der Waals surface area (Å²) in [7, 11) is 0. The molecule has 2 heteroatoms. The molecule has 0 amide bonds. The highest BCUT2D eigenvalue weighted by Crippen LogP contribution is 2.34. The Morgan fingerprint density at radius 3 is 2.89 bits per heavy atom. The van der Waals surface area contributed by atoms with Gasteiger partial charge in [-0.2, -0.15) is 0 Å². The second kappa shape index (κ2) is 2.21. The van der Waals surface area contributed by atoms with Crippen molar-refractivity contribution in [2.45, 2.75) is 19.4 Å². The van der Waals surface area contributed by atoms with E-state index in [2.05, 4.69) is 6.58 Å². The third-order valence-corrected chi connectivity index (χ3v) is 1.40. The van der Waals surface area contributed by atoms with E-state index in [-0.39, 0.29) is 12.1 Å². The number of ether oxygens (including phenoxy) is 1. The minimum Gasteiger partial charge on any atom is -0.462 e. The molecule has 2 atom stereocenters. The Bertz CT molecular complexity index is 140. The maximum Gasteiger partial charge on any atom is 0.302 e. The SMILES string of the molecule is C=CC1CC1OC(C)=O. The van der Waals surface area contributed by atoms with E-state index in [1.165, 1.54) is 6.92 Å². The monoisotopic (exact) mass is 126 g/mol. The van der Waals surface area contributed by atoms with Crippen LogP contribution in [0.1, 0.15) is 13.3 Å². The fraction of sp³-hybridized carbons (Fsp3) is 0.571. The van der Waals surface area contributed by atoms with Crippen LogP contribution in [0.5, 0.6) is 0 Å². The van der Waals surface area contributed by atoms with Gasteiger partial charge in [-0.15, -0.1) is 6.58 Å². The molecule has 1 aliphatic carbocycles. The van der Waals surface area contributed by atoms with Gasteiger partial charge in [0.25, 0.3) is 0 Å². The number of carbonyl (C=O) groups is 1. The van der Waals surface area contributed by atoms with Crippen molar-refractivity contribution in [1.29, 1.82) is 0 Å². The Labute approximate surface area is 54.5 Å². The highest BCUT2D eigenvalue weighted by atomic mass is 16.5. The van der Waals surface area contributed by atoms with Crippen LogP contribution in [0.3, 0.4) is 0 Å². The van der Waals surface area contributed by atoms with Gasteiger partial charge in [-0.1, -0.05) is 6.08 Å². The van der Waals surface area contributed by atoms with Crippen molar-refractivity contribution in [3.05, 3.63) is 12.7 Å². The molecule has 0 spiro atoms. The van der Waals surface area contributed by atoms with Gasteiger partial charge in [-0.05, 0) is 6.42 Å². The fourth-order valence-corrected chi connectivity index (χ4v) is 0.786. The lowest BCUT2D eigenvalue weighted by molar-refractivity contribution is -0.142. The smallest absolute Gasteiger partial charge is 0.302 e. The highest BCUT2D eigenvalue weighted by Gasteiger charge is 2.37. The molecule has 1 aliphatic rings. The molecule has 0 aromatic carbocycles. The normalized spacial score (nSPS) is 31.2. The first-order valence-electron chi connectivity index (χ1n) is 3.04. The highest BCUT2D eigenvalue weighted by molar-refractivity contribution is 5.66. The molecule has 0 heterocycles. The second-order valence-corrected chi connectivity index (χ2v) is 2.28. The molecular formula is C7H10O2. The van der Waals surface area contributed by atoms with Crippen LogP contribution in [-0.2, 0) is 9.53 Å². The Morgan fingerprint density at radius 1 is 1.89 bits per heavy atom. The number of esters is 1. The molecule has 9 heavy (non-hydrogen) atoms. The summed E-state index contributed by atoms with van der Waals surface area (Å²) in [6, 6.07) is 0. The van der Waals surface area contributed by atoms with Crippen LogP contribution in [0, 0.1) is 5.92 Å². The van der Waals surface area contributed by atoms with E-state index in [1.807, 2.05) is 6.08 Å². The maximum atomic E-state index is 10.3. The second-order valence-electron chi connectivity index (χ2n) is 2.28. The summed E-state index contributed by atoms with van der Waals surface area (Å²) in [6.07, 6.45) is 2.93. The van der Waals surface area contributed by atoms with Gasteiger partial charge >= 0.3 is 5.97 Å². The van der Waals surface area contributed by atoms with E-state index in [9.17, 15) is 4.79 Å². The summed E-state index contributed by atoms with van der Waals surface area (Å²) in [4.78, 5) is 10.3. The van der Waals surface area contributed by atoms with Crippen molar-refractivity contribution in [1.82, 2.24) is 0 Å². The topological polar surface area (TPSA) is 26.3 Å². The zero-order valence-corrected chi connectivity index (χ0v) is 5.46. The van der Waals surface area contributed by atoms with E-state index < -0.39 is 0 Å². The molecular weight excluding hydrogens is 116 g/mol. The van der Waals surface area contributed by atoms with Gasteiger partial charge in [0.15, 0.2) is 0 Å². The van der Waals surface area contributed by atoms with Crippen LogP contribution in [0.25, 0.3) is 0 Å². The number of rotatable bonds is 2. The third-order valence-electron chi connectivity index (χ3n) is 1.40. The first-order chi connectivity index (χ1) is 4.24. The standard InChI is InChI=1S/C7H10O2/c1-3-6-4-7(6)9-5(2)8/h3,6-7H,1,4H2,2H3. The summed E-state index contributed by atoms with van der Waals surface area (Å²) >= 11 is 0. The molecule has 0 saturated heterocycles. The quantitative estimate of drug-likeness (QED) is 0.409. The van der Waals surface area contributed by atoms with E-state index in [1.54, 1.807) is 0 Å². The molecule has 0 bridgehead atoms. The van der Waals surface area contributed by atoms with Gasteiger partial charge in [0.05, 0.1) is 0 Å². The molecule has 0 radical (unpaired) electrons. The van der Waals surface area contributed by atoms with Crippen molar-refractivity contribution in [3.63, 3.8) is 0 Å². The van der Waals surface area contributed by atoms with Gasteiger partial charge in [0.1, 0.15) is 6.10 Å². The average Bonchev–Trinajstić information content (AvgIpc) is 2.45. The number of carbonyl (C=O) groups excluding carboxylic acids is 1. The lowest BCUT2D eigenvalue weighted by atomic mass is 10.4. The van der Waals surface area contributed by atoms with Crippen LogP contribution in [0.4, 0.5) is 0 Å². The van der Waals surface area contributed by atoms with Crippen molar-refractivity contribution in [2.24, 2.45) is 5.92 Å². The predicted molar refractivity (Wildman–Crippen MR) is 33.9 cm³/mol. The van der Waals surface area contributed by atoms with Crippen molar-refractivity contribution in [2.75, 3.05) is 0 Å². The molecule has 2 unspecified atom stereocenters. The molecule has 0 aromatic heterocycles. The van der Waals surface area contributed by atoms with E-state index in [4.69, 9.17) is 4.74 Å². The van der Waals surface area contributed by atoms with Crippen molar-refractivity contribution < 1.29 is 9.53 Å². The number of hydrogen-bond acceptors (Lipinski definition) is 2. The molecule has 50 valence electrons. The van der Waals surface area contributed by atoms with Crippen LogP contribution in [0.2, 0.25) is 0 Å².